The Labute approximate surface area is 146 Å². The van der Waals surface area contributed by atoms with E-state index in [1.165, 1.54) is 0 Å². The van der Waals surface area contributed by atoms with Crippen LogP contribution in [0.15, 0.2) is 72.9 Å². The molecule has 0 saturated heterocycles. The molecule has 4 rings (SSSR count). The van der Waals surface area contributed by atoms with Gasteiger partial charge in [0.25, 0.3) is 5.91 Å². The van der Waals surface area contributed by atoms with Crippen molar-refractivity contribution in [2.24, 2.45) is 0 Å². The molecule has 2 aromatic carbocycles. The third kappa shape index (κ3) is 3.59. The number of hydrogen-bond acceptors (Lipinski definition) is 3. The van der Waals surface area contributed by atoms with Crippen molar-refractivity contribution in [1.29, 1.82) is 0 Å². The molecule has 0 bridgehead atoms. The molecule has 0 spiro atoms. The Morgan fingerprint density at radius 2 is 1.92 bits per heavy atom. The van der Waals surface area contributed by atoms with Crippen molar-refractivity contribution >= 4 is 22.5 Å². The van der Waals surface area contributed by atoms with E-state index in [-0.39, 0.29) is 5.91 Å². The minimum absolute atomic E-state index is 0.0929. The molecule has 0 saturated carbocycles. The lowest BCUT2D eigenvalue weighted by Crippen LogP contribution is -2.19. The van der Waals surface area contributed by atoms with Gasteiger partial charge in [-0.05, 0) is 42.0 Å². The van der Waals surface area contributed by atoms with Crippen molar-refractivity contribution in [1.82, 2.24) is 9.88 Å². The molecule has 0 unspecified atom stereocenters. The Morgan fingerprint density at radius 1 is 1.04 bits per heavy atom. The Kier molecular flexibility index (Phi) is 4.27. The molecular formula is C21H19N3O. The molecule has 1 aliphatic rings. The van der Waals surface area contributed by atoms with Gasteiger partial charge in [-0.3, -0.25) is 14.7 Å². The summed E-state index contributed by atoms with van der Waals surface area (Å²) in [6.45, 7) is 2.80. The monoisotopic (exact) mass is 329 g/mol. The van der Waals surface area contributed by atoms with E-state index in [2.05, 4.69) is 33.4 Å². The van der Waals surface area contributed by atoms with E-state index in [4.69, 9.17) is 0 Å². The standard InChI is InChI=1S/C21H19N3O/c25-21(23-19-8-9-20-17(14-19)7-4-10-22-20)18-6-3-5-16(13-18)15-24-11-1-2-12-24/h1-10,13-14H,11-12,15H2,(H,23,25). The number of carbonyl (C=O) groups is 1. The van der Waals surface area contributed by atoms with Gasteiger partial charge in [-0.15, -0.1) is 0 Å². The van der Waals surface area contributed by atoms with E-state index >= 15 is 0 Å². The second kappa shape index (κ2) is 6.87. The Bertz CT molecular complexity index is 941. The summed E-state index contributed by atoms with van der Waals surface area (Å²) in [7, 11) is 0. The number of nitrogens with one attached hydrogen (secondary N) is 1. The van der Waals surface area contributed by atoms with Crippen LogP contribution in [-0.2, 0) is 6.54 Å². The number of amides is 1. The third-order valence-electron chi connectivity index (χ3n) is 4.35. The molecule has 0 radical (unpaired) electrons. The van der Waals surface area contributed by atoms with Crippen LogP contribution in [0.1, 0.15) is 15.9 Å². The minimum Gasteiger partial charge on any atom is -0.322 e. The highest BCUT2D eigenvalue weighted by Gasteiger charge is 2.10. The van der Waals surface area contributed by atoms with E-state index in [9.17, 15) is 4.79 Å². The highest BCUT2D eigenvalue weighted by Crippen LogP contribution is 2.18. The molecule has 1 aromatic heterocycles. The van der Waals surface area contributed by atoms with Crippen LogP contribution in [0, 0.1) is 0 Å². The molecule has 2 heterocycles. The fraction of sp³-hybridized carbons (Fsp3) is 0.143. The molecule has 1 N–H and O–H groups in total. The average molecular weight is 329 g/mol. The number of hydrogen-bond donors (Lipinski definition) is 1. The maximum absolute atomic E-state index is 12.6. The first-order valence-electron chi connectivity index (χ1n) is 8.40. The van der Waals surface area contributed by atoms with E-state index in [1.807, 2.05) is 48.5 Å². The van der Waals surface area contributed by atoms with Gasteiger partial charge in [0.15, 0.2) is 0 Å². The van der Waals surface area contributed by atoms with Crippen molar-refractivity contribution in [2.75, 3.05) is 18.4 Å². The van der Waals surface area contributed by atoms with Crippen LogP contribution in [-0.4, -0.2) is 28.9 Å². The van der Waals surface area contributed by atoms with E-state index in [1.54, 1.807) is 6.20 Å². The molecule has 4 nitrogen and oxygen atoms in total. The van der Waals surface area contributed by atoms with Gasteiger partial charge < -0.3 is 5.32 Å². The van der Waals surface area contributed by atoms with Crippen molar-refractivity contribution < 1.29 is 4.79 Å². The van der Waals surface area contributed by atoms with Gasteiger partial charge in [-0.2, -0.15) is 0 Å². The summed E-state index contributed by atoms with van der Waals surface area (Å²) in [6.07, 6.45) is 6.11. The van der Waals surface area contributed by atoms with Gasteiger partial charge >= 0.3 is 0 Å². The molecule has 1 aliphatic heterocycles. The summed E-state index contributed by atoms with van der Waals surface area (Å²) < 4.78 is 0. The molecule has 0 fully saturated rings. The highest BCUT2D eigenvalue weighted by molar-refractivity contribution is 6.05. The second-order valence-electron chi connectivity index (χ2n) is 6.23. The maximum Gasteiger partial charge on any atom is 0.255 e. The average Bonchev–Trinajstić information content (AvgIpc) is 3.15. The van der Waals surface area contributed by atoms with Crippen molar-refractivity contribution in [2.45, 2.75) is 6.54 Å². The first-order valence-corrected chi connectivity index (χ1v) is 8.40. The maximum atomic E-state index is 12.6. The van der Waals surface area contributed by atoms with E-state index < -0.39 is 0 Å². The van der Waals surface area contributed by atoms with Crippen LogP contribution in [0.2, 0.25) is 0 Å². The fourth-order valence-electron chi connectivity index (χ4n) is 3.08. The molecule has 4 heteroatoms. The zero-order valence-electron chi connectivity index (χ0n) is 13.9. The normalized spacial score (nSPS) is 14.1. The number of aromatic nitrogens is 1. The number of fused-ring (bicyclic) bond motifs is 1. The summed E-state index contributed by atoms with van der Waals surface area (Å²) in [5.41, 5.74) is 3.52. The van der Waals surface area contributed by atoms with Gasteiger partial charge in [-0.1, -0.05) is 30.4 Å². The molecule has 124 valence electrons. The first kappa shape index (κ1) is 15.5. The van der Waals surface area contributed by atoms with E-state index in [0.29, 0.717) is 5.56 Å². The number of anilines is 1. The van der Waals surface area contributed by atoms with Crippen molar-refractivity contribution in [3.05, 3.63) is 84.1 Å². The highest BCUT2D eigenvalue weighted by atomic mass is 16.1. The summed E-state index contributed by atoms with van der Waals surface area (Å²) in [6, 6.07) is 17.5. The van der Waals surface area contributed by atoms with E-state index in [0.717, 1.165) is 41.8 Å². The minimum atomic E-state index is -0.0929. The second-order valence-corrected chi connectivity index (χ2v) is 6.23. The van der Waals surface area contributed by atoms with Gasteiger partial charge in [-0.25, -0.2) is 0 Å². The van der Waals surface area contributed by atoms with Crippen LogP contribution >= 0.6 is 0 Å². The number of pyridine rings is 1. The summed E-state index contributed by atoms with van der Waals surface area (Å²) in [5.74, 6) is -0.0929. The lowest BCUT2D eigenvalue weighted by atomic mass is 10.1. The molecule has 0 aliphatic carbocycles. The van der Waals surface area contributed by atoms with Crippen LogP contribution in [0.4, 0.5) is 5.69 Å². The third-order valence-corrected chi connectivity index (χ3v) is 4.35. The summed E-state index contributed by atoms with van der Waals surface area (Å²) in [5, 5.41) is 3.99. The lowest BCUT2D eigenvalue weighted by molar-refractivity contribution is 0.102. The van der Waals surface area contributed by atoms with Crippen molar-refractivity contribution in [3.63, 3.8) is 0 Å². The van der Waals surface area contributed by atoms with Gasteiger partial charge in [0.1, 0.15) is 0 Å². The lowest BCUT2D eigenvalue weighted by Gasteiger charge is -2.15. The molecule has 25 heavy (non-hydrogen) atoms. The number of nitrogens with zero attached hydrogens (tertiary/aromatic N) is 2. The summed E-state index contributed by atoms with van der Waals surface area (Å²) >= 11 is 0. The van der Waals surface area contributed by atoms with Crippen molar-refractivity contribution in [3.8, 4) is 0 Å². The molecule has 3 aromatic rings. The van der Waals surface area contributed by atoms with Crippen LogP contribution in [0.5, 0.6) is 0 Å². The number of rotatable bonds is 4. The fourth-order valence-corrected chi connectivity index (χ4v) is 3.08. The SMILES string of the molecule is O=C(Nc1ccc2ncccc2c1)c1cccc(CN2CC=CC2)c1. The zero-order valence-corrected chi connectivity index (χ0v) is 13.9. The van der Waals surface area contributed by atoms with Gasteiger partial charge in [0.05, 0.1) is 5.52 Å². The number of carbonyl (C=O) groups excluding carboxylic acids is 1. The first-order chi connectivity index (χ1) is 12.3. The molecule has 0 atom stereocenters. The van der Waals surface area contributed by atoms with Crippen LogP contribution < -0.4 is 5.32 Å². The topological polar surface area (TPSA) is 45.2 Å². The Balaban J connectivity index is 1.49. The molecular weight excluding hydrogens is 310 g/mol. The van der Waals surface area contributed by atoms with Crippen LogP contribution in [0.3, 0.4) is 0 Å². The van der Waals surface area contributed by atoms with Gasteiger partial charge in [0, 0.05) is 42.5 Å². The van der Waals surface area contributed by atoms with Gasteiger partial charge in [0.2, 0.25) is 0 Å². The largest absolute Gasteiger partial charge is 0.322 e. The predicted octanol–water partition coefficient (Wildman–Crippen LogP) is 3.86. The summed E-state index contributed by atoms with van der Waals surface area (Å²) in [4.78, 5) is 19.2. The Hall–Kier alpha value is -2.98. The zero-order chi connectivity index (χ0) is 17.1. The predicted molar refractivity (Wildman–Crippen MR) is 101 cm³/mol. The quantitative estimate of drug-likeness (QED) is 0.739. The molecule has 1 amide bonds. The number of benzene rings is 2. The Morgan fingerprint density at radius 3 is 2.80 bits per heavy atom. The van der Waals surface area contributed by atoms with Crippen LogP contribution in [0.25, 0.3) is 10.9 Å². The smallest absolute Gasteiger partial charge is 0.255 e.